The molecule has 0 aliphatic carbocycles. The summed E-state index contributed by atoms with van der Waals surface area (Å²) in [5, 5.41) is 0. The Morgan fingerprint density at radius 1 is 1.09 bits per heavy atom. The summed E-state index contributed by atoms with van der Waals surface area (Å²) in [5.74, 6) is -0.367. The number of esters is 1. The molecule has 0 bridgehead atoms. The Morgan fingerprint density at radius 2 is 1.77 bits per heavy atom. The van der Waals surface area contributed by atoms with Gasteiger partial charge in [0, 0.05) is 23.1 Å². The van der Waals surface area contributed by atoms with E-state index in [4.69, 9.17) is 4.74 Å². The standard InChI is InChI=1S/C17H14BrNO3/c18-13-6-8-15(9-7-13)22-17(21)12-10-16(20)19(11-12)14-4-2-1-3-5-14/h1-9,12H,10-11H2/t12-/m1/s1. The Hall–Kier alpha value is -2.14. The number of benzene rings is 2. The van der Waals surface area contributed by atoms with E-state index < -0.39 is 5.92 Å². The molecule has 0 aromatic heterocycles. The maximum atomic E-state index is 12.2. The number of amides is 1. The number of para-hydroxylation sites is 1. The number of nitrogens with zero attached hydrogens (tertiary/aromatic N) is 1. The number of carbonyl (C=O) groups is 2. The van der Waals surface area contributed by atoms with Gasteiger partial charge in [0.1, 0.15) is 5.75 Å². The van der Waals surface area contributed by atoms with Gasteiger partial charge in [-0.2, -0.15) is 0 Å². The van der Waals surface area contributed by atoms with Gasteiger partial charge < -0.3 is 9.64 Å². The summed E-state index contributed by atoms with van der Waals surface area (Å²) < 4.78 is 6.26. The molecule has 1 aliphatic rings. The molecule has 1 amide bonds. The summed E-state index contributed by atoms with van der Waals surface area (Å²) >= 11 is 3.33. The average molecular weight is 360 g/mol. The van der Waals surface area contributed by atoms with Gasteiger partial charge >= 0.3 is 5.97 Å². The highest BCUT2D eigenvalue weighted by Gasteiger charge is 2.36. The van der Waals surface area contributed by atoms with Crippen molar-refractivity contribution in [2.24, 2.45) is 5.92 Å². The summed E-state index contributed by atoms with van der Waals surface area (Å²) in [6.07, 6.45) is 0.185. The van der Waals surface area contributed by atoms with Crippen LogP contribution in [0.1, 0.15) is 6.42 Å². The normalized spacial score (nSPS) is 17.6. The Morgan fingerprint density at radius 3 is 2.45 bits per heavy atom. The van der Waals surface area contributed by atoms with Crippen molar-refractivity contribution in [3.63, 3.8) is 0 Å². The quantitative estimate of drug-likeness (QED) is 0.623. The highest BCUT2D eigenvalue weighted by Crippen LogP contribution is 2.26. The van der Waals surface area contributed by atoms with Crippen LogP contribution >= 0.6 is 15.9 Å². The highest BCUT2D eigenvalue weighted by atomic mass is 79.9. The lowest BCUT2D eigenvalue weighted by Gasteiger charge is -2.16. The fourth-order valence-electron chi connectivity index (χ4n) is 2.43. The number of carbonyl (C=O) groups excluding carboxylic acids is 2. The Bertz CT molecular complexity index is 685. The Kier molecular flexibility index (Phi) is 4.24. The molecule has 5 heteroatoms. The molecule has 3 rings (SSSR count). The highest BCUT2D eigenvalue weighted by molar-refractivity contribution is 9.10. The van der Waals surface area contributed by atoms with E-state index in [9.17, 15) is 9.59 Å². The molecular formula is C17H14BrNO3. The smallest absolute Gasteiger partial charge is 0.316 e. The van der Waals surface area contributed by atoms with Crippen molar-refractivity contribution in [2.75, 3.05) is 11.4 Å². The first-order chi connectivity index (χ1) is 10.6. The van der Waals surface area contributed by atoms with Crippen LogP contribution in [0.2, 0.25) is 0 Å². The molecule has 0 spiro atoms. The van der Waals surface area contributed by atoms with Crippen molar-refractivity contribution in [1.82, 2.24) is 0 Å². The zero-order valence-corrected chi connectivity index (χ0v) is 13.3. The number of ether oxygens (including phenoxy) is 1. The second-order valence-corrected chi connectivity index (χ2v) is 6.03. The molecule has 0 N–H and O–H groups in total. The lowest BCUT2D eigenvalue weighted by molar-refractivity contribution is -0.139. The van der Waals surface area contributed by atoms with E-state index in [1.807, 2.05) is 30.3 Å². The molecule has 22 heavy (non-hydrogen) atoms. The number of hydrogen-bond donors (Lipinski definition) is 0. The average Bonchev–Trinajstić information content (AvgIpc) is 2.92. The predicted molar refractivity (Wildman–Crippen MR) is 86.7 cm³/mol. The van der Waals surface area contributed by atoms with Crippen LogP contribution in [-0.4, -0.2) is 18.4 Å². The van der Waals surface area contributed by atoms with E-state index in [2.05, 4.69) is 15.9 Å². The Balaban J connectivity index is 1.67. The molecule has 0 radical (unpaired) electrons. The van der Waals surface area contributed by atoms with E-state index in [0.717, 1.165) is 10.2 Å². The van der Waals surface area contributed by atoms with E-state index in [1.165, 1.54) is 0 Å². The lowest BCUT2D eigenvalue weighted by Crippen LogP contribution is -2.27. The first-order valence-corrected chi connectivity index (χ1v) is 7.75. The zero-order chi connectivity index (χ0) is 15.5. The van der Waals surface area contributed by atoms with Crippen molar-refractivity contribution in [3.8, 4) is 5.75 Å². The van der Waals surface area contributed by atoms with Crippen molar-refractivity contribution >= 4 is 33.5 Å². The number of hydrogen-bond acceptors (Lipinski definition) is 3. The third kappa shape index (κ3) is 3.20. The van der Waals surface area contributed by atoms with E-state index in [1.54, 1.807) is 29.2 Å². The molecule has 112 valence electrons. The largest absolute Gasteiger partial charge is 0.426 e. The van der Waals surface area contributed by atoms with Crippen LogP contribution in [0.25, 0.3) is 0 Å². The minimum absolute atomic E-state index is 0.0519. The summed E-state index contributed by atoms with van der Waals surface area (Å²) in [5.41, 5.74) is 0.812. The van der Waals surface area contributed by atoms with E-state index >= 15 is 0 Å². The van der Waals surface area contributed by atoms with Gasteiger partial charge in [-0.15, -0.1) is 0 Å². The Labute approximate surface area is 136 Å². The SMILES string of the molecule is O=C(Oc1ccc(Br)cc1)[C@@H]1CC(=O)N(c2ccccc2)C1. The molecule has 1 heterocycles. The van der Waals surface area contributed by atoms with Crippen LogP contribution in [0, 0.1) is 5.92 Å². The third-order valence-electron chi connectivity index (χ3n) is 3.56. The number of halogens is 1. The summed E-state index contributed by atoms with van der Waals surface area (Å²) in [4.78, 5) is 25.9. The lowest BCUT2D eigenvalue weighted by atomic mass is 10.1. The van der Waals surface area contributed by atoms with Crippen LogP contribution in [0.4, 0.5) is 5.69 Å². The second-order valence-electron chi connectivity index (χ2n) is 5.12. The minimum Gasteiger partial charge on any atom is -0.426 e. The fourth-order valence-corrected chi connectivity index (χ4v) is 2.69. The monoisotopic (exact) mass is 359 g/mol. The molecular weight excluding hydrogens is 346 g/mol. The molecule has 1 atom stereocenters. The van der Waals surface area contributed by atoms with Gasteiger partial charge in [0.2, 0.25) is 5.91 Å². The van der Waals surface area contributed by atoms with Gasteiger partial charge in [-0.3, -0.25) is 9.59 Å². The van der Waals surface area contributed by atoms with Gasteiger partial charge in [-0.1, -0.05) is 34.1 Å². The van der Waals surface area contributed by atoms with Gasteiger partial charge in [-0.05, 0) is 36.4 Å². The van der Waals surface area contributed by atoms with Gasteiger partial charge in [0.05, 0.1) is 5.92 Å². The van der Waals surface area contributed by atoms with Crippen LogP contribution < -0.4 is 9.64 Å². The van der Waals surface area contributed by atoms with Crippen LogP contribution in [-0.2, 0) is 9.59 Å². The van der Waals surface area contributed by atoms with Gasteiger partial charge in [-0.25, -0.2) is 0 Å². The predicted octanol–water partition coefficient (Wildman–Crippen LogP) is 3.41. The van der Waals surface area contributed by atoms with Crippen LogP contribution in [0.3, 0.4) is 0 Å². The second kappa shape index (κ2) is 6.32. The number of anilines is 1. The summed E-state index contributed by atoms with van der Waals surface area (Å²) in [6, 6.07) is 16.4. The summed E-state index contributed by atoms with van der Waals surface area (Å²) in [7, 11) is 0. The first kappa shape index (κ1) is 14.8. The molecule has 1 aliphatic heterocycles. The molecule has 1 saturated heterocycles. The first-order valence-electron chi connectivity index (χ1n) is 6.96. The fraction of sp³-hybridized carbons (Fsp3) is 0.176. The molecule has 2 aromatic rings. The summed E-state index contributed by atoms with van der Waals surface area (Å²) in [6.45, 7) is 0.359. The van der Waals surface area contributed by atoms with Crippen molar-refractivity contribution in [3.05, 3.63) is 59.1 Å². The van der Waals surface area contributed by atoms with Gasteiger partial charge in [0.25, 0.3) is 0 Å². The van der Waals surface area contributed by atoms with E-state index in [-0.39, 0.29) is 18.3 Å². The van der Waals surface area contributed by atoms with Crippen molar-refractivity contribution in [1.29, 1.82) is 0 Å². The maximum Gasteiger partial charge on any atom is 0.316 e. The zero-order valence-electron chi connectivity index (χ0n) is 11.7. The van der Waals surface area contributed by atoms with Gasteiger partial charge in [0.15, 0.2) is 0 Å². The van der Waals surface area contributed by atoms with Crippen molar-refractivity contribution in [2.45, 2.75) is 6.42 Å². The van der Waals surface area contributed by atoms with Crippen LogP contribution in [0.5, 0.6) is 5.75 Å². The third-order valence-corrected chi connectivity index (χ3v) is 4.09. The molecule has 0 unspecified atom stereocenters. The van der Waals surface area contributed by atoms with E-state index in [0.29, 0.717) is 12.3 Å². The molecule has 0 saturated carbocycles. The topological polar surface area (TPSA) is 46.6 Å². The molecule has 2 aromatic carbocycles. The van der Waals surface area contributed by atoms with Crippen molar-refractivity contribution < 1.29 is 14.3 Å². The molecule has 4 nitrogen and oxygen atoms in total. The number of rotatable bonds is 3. The maximum absolute atomic E-state index is 12.2. The van der Waals surface area contributed by atoms with Crippen LogP contribution in [0.15, 0.2) is 59.1 Å². The molecule has 1 fully saturated rings. The minimum atomic E-state index is -0.434.